The molecule has 3 rings (SSSR count). The van der Waals surface area contributed by atoms with Gasteiger partial charge in [-0.15, -0.1) is 15.0 Å². The first-order valence-corrected chi connectivity index (χ1v) is 7.03. The number of aromatic nitrogens is 5. The highest BCUT2D eigenvalue weighted by atomic mass is 19.1. The Morgan fingerprint density at radius 2 is 2.17 bits per heavy atom. The summed E-state index contributed by atoms with van der Waals surface area (Å²) >= 11 is 0. The highest BCUT2D eigenvalue weighted by Gasteiger charge is 2.12. The lowest BCUT2D eigenvalue weighted by molar-refractivity contribution is 0.473. The Morgan fingerprint density at radius 3 is 2.88 bits per heavy atom. The van der Waals surface area contributed by atoms with E-state index >= 15 is 0 Å². The van der Waals surface area contributed by atoms with E-state index in [1.54, 1.807) is 38.5 Å². The SMILES string of the molecule is CN=C(NC)c1nnn(-c2cc(F)cc(Oc3cccnc3)c2)n1. The summed E-state index contributed by atoms with van der Waals surface area (Å²) in [5, 5.41) is 14.8. The number of benzene rings is 1. The molecular weight excluding hydrogens is 313 g/mol. The van der Waals surface area contributed by atoms with E-state index in [0.29, 0.717) is 28.8 Å². The molecule has 2 aromatic heterocycles. The number of aliphatic imine (C=N–C) groups is 1. The first kappa shape index (κ1) is 15.5. The van der Waals surface area contributed by atoms with Crippen LogP contribution in [-0.4, -0.2) is 45.1 Å². The zero-order valence-electron chi connectivity index (χ0n) is 13.0. The maximum Gasteiger partial charge on any atom is 0.239 e. The fourth-order valence-corrected chi connectivity index (χ4v) is 2.01. The number of tetrazole rings is 1. The molecule has 8 nitrogen and oxygen atoms in total. The Bertz CT molecular complexity index is 863. The summed E-state index contributed by atoms with van der Waals surface area (Å²) in [7, 11) is 3.31. The van der Waals surface area contributed by atoms with Crippen LogP contribution >= 0.6 is 0 Å². The molecule has 0 aliphatic rings. The number of rotatable bonds is 4. The van der Waals surface area contributed by atoms with E-state index in [4.69, 9.17) is 4.74 Å². The van der Waals surface area contributed by atoms with Gasteiger partial charge in [0.1, 0.15) is 17.3 Å². The number of nitrogens with one attached hydrogen (secondary N) is 1. The van der Waals surface area contributed by atoms with Crippen LogP contribution in [0.4, 0.5) is 4.39 Å². The van der Waals surface area contributed by atoms with E-state index in [1.807, 2.05) is 0 Å². The summed E-state index contributed by atoms with van der Waals surface area (Å²) < 4.78 is 19.5. The first-order valence-electron chi connectivity index (χ1n) is 7.03. The molecule has 0 fully saturated rings. The number of nitrogens with zero attached hydrogens (tertiary/aromatic N) is 6. The van der Waals surface area contributed by atoms with Crippen molar-refractivity contribution in [3.8, 4) is 17.2 Å². The van der Waals surface area contributed by atoms with Gasteiger partial charge in [0.25, 0.3) is 0 Å². The van der Waals surface area contributed by atoms with Crippen LogP contribution in [0.25, 0.3) is 5.69 Å². The molecule has 1 N–H and O–H groups in total. The summed E-state index contributed by atoms with van der Waals surface area (Å²) in [4.78, 5) is 9.15. The molecule has 0 aliphatic heterocycles. The van der Waals surface area contributed by atoms with Gasteiger partial charge in [0.15, 0.2) is 5.84 Å². The largest absolute Gasteiger partial charge is 0.456 e. The van der Waals surface area contributed by atoms with Crippen LogP contribution in [0, 0.1) is 5.82 Å². The van der Waals surface area contributed by atoms with E-state index in [1.165, 1.54) is 23.1 Å². The van der Waals surface area contributed by atoms with Crippen LogP contribution in [0.5, 0.6) is 11.5 Å². The fourth-order valence-electron chi connectivity index (χ4n) is 2.01. The molecule has 0 aliphatic carbocycles. The topological polar surface area (TPSA) is 90.1 Å². The minimum Gasteiger partial charge on any atom is -0.456 e. The Morgan fingerprint density at radius 1 is 1.29 bits per heavy atom. The van der Waals surface area contributed by atoms with Crippen molar-refractivity contribution in [3.63, 3.8) is 0 Å². The van der Waals surface area contributed by atoms with Crippen molar-refractivity contribution in [1.29, 1.82) is 0 Å². The Labute approximate surface area is 137 Å². The monoisotopic (exact) mass is 327 g/mol. The molecule has 0 saturated carbocycles. The minimum absolute atomic E-state index is 0.301. The number of amidine groups is 1. The second kappa shape index (κ2) is 6.82. The van der Waals surface area contributed by atoms with Gasteiger partial charge < -0.3 is 10.1 Å². The van der Waals surface area contributed by atoms with Crippen molar-refractivity contribution < 1.29 is 9.13 Å². The van der Waals surface area contributed by atoms with Crippen molar-refractivity contribution in [1.82, 2.24) is 30.5 Å². The molecule has 24 heavy (non-hydrogen) atoms. The van der Waals surface area contributed by atoms with Gasteiger partial charge in [0, 0.05) is 38.5 Å². The van der Waals surface area contributed by atoms with Crippen LogP contribution in [0.1, 0.15) is 5.82 Å². The van der Waals surface area contributed by atoms with Crippen molar-refractivity contribution in [2.75, 3.05) is 14.1 Å². The predicted octanol–water partition coefficient (Wildman–Crippen LogP) is 1.58. The molecule has 0 amide bonds. The van der Waals surface area contributed by atoms with Gasteiger partial charge in [0.05, 0.1) is 11.9 Å². The smallest absolute Gasteiger partial charge is 0.239 e. The number of hydrogen-bond acceptors (Lipinski definition) is 6. The van der Waals surface area contributed by atoms with Crippen LogP contribution in [0.3, 0.4) is 0 Å². The molecule has 9 heteroatoms. The number of halogens is 1. The van der Waals surface area contributed by atoms with Gasteiger partial charge >= 0.3 is 0 Å². The summed E-state index contributed by atoms with van der Waals surface area (Å²) in [6.45, 7) is 0. The highest BCUT2D eigenvalue weighted by molar-refractivity contribution is 5.94. The van der Waals surface area contributed by atoms with Crippen molar-refractivity contribution >= 4 is 5.84 Å². The first-order chi connectivity index (χ1) is 11.7. The Hall–Kier alpha value is -3.36. The molecule has 2 heterocycles. The molecule has 0 atom stereocenters. The zero-order chi connectivity index (χ0) is 16.9. The number of ether oxygens (including phenoxy) is 1. The maximum absolute atomic E-state index is 13.9. The van der Waals surface area contributed by atoms with Crippen molar-refractivity contribution in [3.05, 3.63) is 54.4 Å². The predicted molar refractivity (Wildman–Crippen MR) is 84.9 cm³/mol. The molecule has 0 spiro atoms. The van der Waals surface area contributed by atoms with Gasteiger partial charge in [-0.2, -0.15) is 0 Å². The van der Waals surface area contributed by atoms with Gasteiger partial charge in [-0.05, 0) is 17.3 Å². The summed E-state index contributed by atoms with van der Waals surface area (Å²) in [5.74, 6) is 1.10. The second-order valence-corrected chi connectivity index (χ2v) is 4.66. The third-order valence-electron chi connectivity index (χ3n) is 3.04. The average Bonchev–Trinajstić information content (AvgIpc) is 3.06. The fraction of sp³-hybridized carbons (Fsp3) is 0.133. The molecule has 0 radical (unpaired) electrons. The molecule has 0 saturated heterocycles. The van der Waals surface area contributed by atoms with E-state index in [-0.39, 0.29) is 0 Å². The third-order valence-corrected chi connectivity index (χ3v) is 3.04. The molecule has 0 bridgehead atoms. The van der Waals surface area contributed by atoms with Gasteiger partial charge in [-0.1, -0.05) is 0 Å². The molecule has 0 unspecified atom stereocenters. The molecular formula is C15H14FN7O. The summed E-state index contributed by atoms with van der Waals surface area (Å²) in [5.41, 5.74) is 0.374. The van der Waals surface area contributed by atoms with Gasteiger partial charge in [-0.3, -0.25) is 9.98 Å². The Kier molecular flexibility index (Phi) is 4.41. The van der Waals surface area contributed by atoms with Crippen LogP contribution in [-0.2, 0) is 0 Å². The third kappa shape index (κ3) is 3.35. The van der Waals surface area contributed by atoms with Crippen molar-refractivity contribution in [2.24, 2.45) is 4.99 Å². The lowest BCUT2D eigenvalue weighted by atomic mass is 10.3. The zero-order valence-corrected chi connectivity index (χ0v) is 13.0. The van der Waals surface area contributed by atoms with Crippen LogP contribution in [0.2, 0.25) is 0 Å². The van der Waals surface area contributed by atoms with Crippen LogP contribution in [0.15, 0.2) is 47.7 Å². The summed E-state index contributed by atoms with van der Waals surface area (Å²) in [6, 6.07) is 7.60. The molecule has 3 aromatic rings. The van der Waals surface area contributed by atoms with Crippen molar-refractivity contribution in [2.45, 2.75) is 0 Å². The van der Waals surface area contributed by atoms with Crippen LogP contribution < -0.4 is 10.1 Å². The Balaban J connectivity index is 1.92. The van der Waals surface area contributed by atoms with Gasteiger partial charge in [0.2, 0.25) is 5.82 Å². The maximum atomic E-state index is 13.9. The number of hydrogen-bond donors (Lipinski definition) is 1. The normalized spacial score (nSPS) is 11.4. The molecule has 1 aromatic carbocycles. The van der Waals surface area contributed by atoms with E-state index in [2.05, 4.69) is 30.7 Å². The quantitative estimate of drug-likeness (QED) is 0.578. The second-order valence-electron chi connectivity index (χ2n) is 4.66. The van der Waals surface area contributed by atoms with Gasteiger partial charge in [-0.25, -0.2) is 4.39 Å². The highest BCUT2D eigenvalue weighted by Crippen LogP contribution is 2.24. The standard InChI is InChI=1S/C15H14FN7O/c1-17-14(18-2)15-20-22-23(21-15)11-6-10(16)7-13(8-11)24-12-4-3-5-19-9-12/h3-9H,1-2H3,(H,17,18). The van der Waals surface area contributed by atoms with E-state index in [9.17, 15) is 4.39 Å². The summed E-state index contributed by atoms with van der Waals surface area (Å²) in [6.07, 6.45) is 3.16. The number of pyridine rings is 1. The average molecular weight is 327 g/mol. The van der Waals surface area contributed by atoms with E-state index < -0.39 is 5.82 Å². The molecule has 122 valence electrons. The minimum atomic E-state index is -0.483. The lowest BCUT2D eigenvalue weighted by Gasteiger charge is -2.07. The van der Waals surface area contributed by atoms with E-state index in [0.717, 1.165) is 0 Å². The lowest BCUT2D eigenvalue weighted by Crippen LogP contribution is -2.21.